The number of nitrogens with zero attached hydrogens (tertiary/aromatic N) is 1. The Kier molecular flexibility index (Phi) is 2.40. The van der Waals surface area contributed by atoms with Crippen LogP contribution in [0.15, 0.2) is 24.3 Å². The minimum atomic E-state index is -0.726. The van der Waals surface area contributed by atoms with Gasteiger partial charge in [0.15, 0.2) is 6.23 Å². The van der Waals surface area contributed by atoms with Gasteiger partial charge in [0, 0.05) is 6.42 Å². The summed E-state index contributed by atoms with van der Waals surface area (Å²) in [6.07, 6.45) is -0.331. The summed E-state index contributed by atoms with van der Waals surface area (Å²) in [6.45, 7) is 0.276. The lowest BCUT2D eigenvalue weighted by molar-refractivity contribution is -0.556. The van der Waals surface area contributed by atoms with Gasteiger partial charge in [0.25, 0.3) is 11.8 Å². The fourth-order valence-electron chi connectivity index (χ4n) is 1.95. The topological polar surface area (TPSA) is 65.1 Å². The zero-order chi connectivity index (χ0) is 11.8. The van der Waals surface area contributed by atoms with E-state index in [0.29, 0.717) is 17.5 Å². The molecule has 2 aliphatic heterocycles. The van der Waals surface area contributed by atoms with Gasteiger partial charge in [-0.3, -0.25) is 9.59 Å². The molecule has 1 fully saturated rings. The van der Waals surface area contributed by atoms with Crippen LogP contribution in [0.3, 0.4) is 0 Å². The Bertz CT molecular complexity index is 446. The van der Waals surface area contributed by atoms with E-state index in [9.17, 15) is 9.59 Å². The molecule has 2 heterocycles. The van der Waals surface area contributed by atoms with Crippen molar-refractivity contribution in [3.8, 4) is 0 Å². The number of benzene rings is 1. The van der Waals surface area contributed by atoms with Gasteiger partial charge < -0.3 is 0 Å². The first-order valence-corrected chi connectivity index (χ1v) is 5.21. The molecule has 1 unspecified atom stereocenters. The Morgan fingerprint density at radius 3 is 2.29 bits per heavy atom. The van der Waals surface area contributed by atoms with Crippen LogP contribution < -0.4 is 0 Å². The average Bonchev–Trinajstić information content (AvgIpc) is 2.64. The van der Waals surface area contributed by atoms with Gasteiger partial charge in [-0.15, -0.1) is 0 Å². The van der Waals surface area contributed by atoms with Gasteiger partial charge in [-0.25, -0.2) is 9.79 Å². The zero-order valence-electron chi connectivity index (χ0n) is 8.79. The molecule has 1 aromatic carbocycles. The number of rotatable bonds is 1. The van der Waals surface area contributed by atoms with Crippen LogP contribution in [-0.4, -0.2) is 29.5 Å². The molecule has 3 rings (SSSR count). The maximum absolute atomic E-state index is 12.0. The number of hydrogen-bond donors (Lipinski definition) is 0. The predicted octanol–water partition coefficient (Wildman–Crippen LogP) is 0.892. The minimum absolute atomic E-state index is 0.276. The summed E-state index contributed by atoms with van der Waals surface area (Å²) in [4.78, 5) is 34.5. The molecule has 1 saturated heterocycles. The molecule has 2 aliphatic rings. The Hall–Kier alpha value is -1.76. The van der Waals surface area contributed by atoms with Crippen LogP contribution in [0.5, 0.6) is 0 Å². The van der Waals surface area contributed by atoms with E-state index in [1.165, 1.54) is 0 Å². The molecule has 2 amide bonds. The normalized spacial score (nSPS) is 24.0. The SMILES string of the molecule is O=C1c2ccccc2C(=O)N1C1CCOOO1. The first-order valence-electron chi connectivity index (χ1n) is 5.21. The van der Waals surface area contributed by atoms with Gasteiger partial charge in [0.05, 0.1) is 17.7 Å². The van der Waals surface area contributed by atoms with Gasteiger partial charge in [-0.05, 0) is 12.1 Å². The third kappa shape index (κ3) is 1.54. The second-order valence-electron chi connectivity index (χ2n) is 3.76. The highest BCUT2D eigenvalue weighted by Crippen LogP contribution is 2.26. The lowest BCUT2D eigenvalue weighted by atomic mass is 10.1. The summed E-state index contributed by atoms with van der Waals surface area (Å²) < 4.78 is 0. The molecule has 1 atom stereocenters. The molecule has 0 aromatic heterocycles. The number of imide groups is 1. The Balaban J connectivity index is 1.94. The minimum Gasteiger partial charge on any atom is -0.268 e. The number of fused-ring (bicyclic) bond motifs is 1. The summed E-state index contributed by atoms with van der Waals surface area (Å²) in [5.74, 6) is -0.720. The highest BCUT2D eigenvalue weighted by Gasteiger charge is 2.41. The standard InChI is InChI=1S/C11H9NO5/c13-10-7-3-1-2-4-8(7)11(14)12(10)9-5-6-15-17-16-9/h1-4,9H,5-6H2. The van der Waals surface area contributed by atoms with Crippen molar-refractivity contribution in [3.05, 3.63) is 35.4 Å². The predicted molar refractivity (Wildman–Crippen MR) is 53.5 cm³/mol. The van der Waals surface area contributed by atoms with Gasteiger partial charge in [0.1, 0.15) is 0 Å². The number of carbonyl (C=O) groups excluding carboxylic acids is 2. The number of amides is 2. The summed E-state index contributed by atoms with van der Waals surface area (Å²) >= 11 is 0. The second kappa shape index (κ2) is 3.92. The van der Waals surface area contributed by atoms with E-state index in [1.54, 1.807) is 24.3 Å². The molecular weight excluding hydrogens is 226 g/mol. The molecular formula is C11H9NO5. The highest BCUT2D eigenvalue weighted by molar-refractivity contribution is 6.21. The molecule has 0 spiro atoms. The van der Waals surface area contributed by atoms with E-state index in [-0.39, 0.29) is 18.4 Å². The van der Waals surface area contributed by atoms with Gasteiger partial charge in [-0.2, -0.15) is 4.89 Å². The maximum atomic E-state index is 12.0. The number of carbonyl (C=O) groups is 2. The van der Waals surface area contributed by atoms with E-state index in [2.05, 4.69) is 9.93 Å². The molecule has 0 aliphatic carbocycles. The van der Waals surface area contributed by atoms with Crippen LogP contribution in [0.1, 0.15) is 27.1 Å². The summed E-state index contributed by atoms with van der Waals surface area (Å²) in [6, 6.07) is 6.68. The summed E-state index contributed by atoms with van der Waals surface area (Å²) in [5, 5.41) is 4.34. The van der Waals surface area contributed by atoms with Crippen LogP contribution in [0.25, 0.3) is 0 Å². The van der Waals surface area contributed by atoms with Crippen LogP contribution >= 0.6 is 0 Å². The van der Waals surface area contributed by atoms with Crippen molar-refractivity contribution in [2.45, 2.75) is 12.6 Å². The average molecular weight is 235 g/mol. The lowest BCUT2D eigenvalue weighted by Crippen LogP contribution is -2.44. The van der Waals surface area contributed by atoms with E-state index in [4.69, 9.17) is 4.89 Å². The quantitative estimate of drug-likeness (QED) is 0.534. The summed E-state index contributed by atoms with van der Waals surface area (Å²) in [5.41, 5.74) is 0.792. The van der Waals surface area contributed by atoms with Crippen molar-refractivity contribution in [1.29, 1.82) is 0 Å². The molecule has 6 nitrogen and oxygen atoms in total. The van der Waals surface area contributed by atoms with Gasteiger partial charge in [-0.1, -0.05) is 17.2 Å². The number of hydrogen-bond acceptors (Lipinski definition) is 5. The van der Waals surface area contributed by atoms with Crippen LogP contribution in [0, 0.1) is 0 Å². The van der Waals surface area contributed by atoms with Crippen molar-refractivity contribution in [2.75, 3.05) is 6.61 Å². The molecule has 0 radical (unpaired) electrons. The summed E-state index contributed by atoms with van der Waals surface area (Å²) in [7, 11) is 0. The van der Waals surface area contributed by atoms with Crippen LogP contribution in [0.2, 0.25) is 0 Å². The smallest absolute Gasteiger partial charge is 0.263 e. The monoisotopic (exact) mass is 235 g/mol. The zero-order valence-corrected chi connectivity index (χ0v) is 8.79. The molecule has 6 heteroatoms. The van der Waals surface area contributed by atoms with Crippen molar-refractivity contribution in [1.82, 2.24) is 4.90 Å². The fourth-order valence-corrected chi connectivity index (χ4v) is 1.95. The fraction of sp³-hybridized carbons (Fsp3) is 0.273. The van der Waals surface area contributed by atoms with E-state index < -0.39 is 6.23 Å². The van der Waals surface area contributed by atoms with Crippen LogP contribution in [0.4, 0.5) is 0 Å². The van der Waals surface area contributed by atoms with Crippen molar-refractivity contribution < 1.29 is 24.4 Å². The Morgan fingerprint density at radius 2 is 1.76 bits per heavy atom. The van der Waals surface area contributed by atoms with Crippen molar-refractivity contribution in [3.63, 3.8) is 0 Å². The Labute approximate surface area is 96.5 Å². The van der Waals surface area contributed by atoms with Gasteiger partial charge in [0.2, 0.25) is 0 Å². The van der Waals surface area contributed by atoms with Crippen molar-refractivity contribution in [2.24, 2.45) is 0 Å². The van der Waals surface area contributed by atoms with Crippen LogP contribution in [-0.2, 0) is 14.8 Å². The van der Waals surface area contributed by atoms with Crippen molar-refractivity contribution >= 4 is 11.8 Å². The Morgan fingerprint density at radius 1 is 1.12 bits per heavy atom. The molecule has 88 valence electrons. The lowest BCUT2D eigenvalue weighted by Gasteiger charge is -2.26. The molecule has 0 bridgehead atoms. The third-order valence-electron chi connectivity index (χ3n) is 2.76. The first kappa shape index (κ1) is 10.4. The maximum Gasteiger partial charge on any atom is 0.263 e. The molecule has 0 N–H and O–H groups in total. The molecule has 1 aromatic rings. The third-order valence-corrected chi connectivity index (χ3v) is 2.76. The first-order chi connectivity index (χ1) is 8.29. The molecule has 17 heavy (non-hydrogen) atoms. The molecule has 0 saturated carbocycles. The van der Waals surface area contributed by atoms with E-state index >= 15 is 0 Å². The van der Waals surface area contributed by atoms with E-state index in [0.717, 1.165) is 4.90 Å². The largest absolute Gasteiger partial charge is 0.268 e. The van der Waals surface area contributed by atoms with E-state index in [1.807, 2.05) is 0 Å². The van der Waals surface area contributed by atoms with Gasteiger partial charge >= 0.3 is 0 Å². The second-order valence-corrected chi connectivity index (χ2v) is 3.76. The highest BCUT2D eigenvalue weighted by atomic mass is 17.5.